The van der Waals surface area contributed by atoms with Crippen LogP contribution >= 0.6 is 11.6 Å². The SMILES string of the molecule is O=c1[nH]c2c(Cl)ncnc2n1C12CC(C1)C2. The molecule has 82 valence electrons. The largest absolute Gasteiger partial charge is 0.328 e. The van der Waals surface area contributed by atoms with Gasteiger partial charge in [-0.15, -0.1) is 0 Å². The second-order valence-electron chi connectivity index (χ2n) is 4.83. The highest BCUT2D eigenvalue weighted by molar-refractivity contribution is 6.33. The van der Waals surface area contributed by atoms with E-state index in [-0.39, 0.29) is 11.2 Å². The average Bonchev–Trinajstić information content (AvgIpc) is 2.42. The van der Waals surface area contributed by atoms with Crippen LogP contribution in [0.2, 0.25) is 5.15 Å². The molecule has 3 aliphatic carbocycles. The van der Waals surface area contributed by atoms with Crippen LogP contribution in [-0.2, 0) is 5.54 Å². The molecular weight excluding hydrogens is 228 g/mol. The van der Waals surface area contributed by atoms with E-state index < -0.39 is 0 Å². The van der Waals surface area contributed by atoms with Crippen LogP contribution in [0.15, 0.2) is 11.1 Å². The lowest BCUT2D eigenvalue weighted by Crippen LogP contribution is -2.61. The molecule has 0 spiro atoms. The Bertz CT molecular complexity index is 641. The molecule has 16 heavy (non-hydrogen) atoms. The third kappa shape index (κ3) is 0.822. The summed E-state index contributed by atoms with van der Waals surface area (Å²) in [6.45, 7) is 0. The van der Waals surface area contributed by atoms with Gasteiger partial charge in [-0.25, -0.2) is 14.8 Å². The van der Waals surface area contributed by atoms with Gasteiger partial charge in [-0.2, -0.15) is 0 Å². The van der Waals surface area contributed by atoms with Gasteiger partial charge in [0.25, 0.3) is 0 Å². The topological polar surface area (TPSA) is 63.6 Å². The first kappa shape index (κ1) is 8.75. The zero-order valence-electron chi connectivity index (χ0n) is 8.40. The quantitative estimate of drug-likeness (QED) is 0.759. The van der Waals surface area contributed by atoms with Crippen molar-refractivity contribution in [2.75, 3.05) is 0 Å². The summed E-state index contributed by atoms with van der Waals surface area (Å²) >= 11 is 5.93. The van der Waals surface area contributed by atoms with Crippen molar-refractivity contribution in [3.8, 4) is 0 Å². The summed E-state index contributed by atoms with van der Waals surface area (Å²) in [5, 5.41) is 0.312. The van der Waals surface area contributed by atoms with Crippen molar-refractivity contribution in [2.45, 2.75) is 24.8 Å². The molecule has 3 saturated carbocycles. The van der Waals surface area contributed by atoms with E-state index in [1.54, 1.807) is 4.57 Å². The number of H-pyrrole nitrogens is 1. The summed E-state index contributed by atoms with van der Waals surface area (Å²) in [6, 6.07) is 0. The van der Waals surface area contributed by atoms with E-state index in [2.05, 4.69) is 15.0 Å². The van der Waals surface area contributed by atoms with Gasteiger partial charge in [-0.3, -0.25) is 4.57 Å². The lowest BCUT2D eigenvalue weighted by Gasteiger charge is -2.61. The normalized spacial score (nSPS) is 31.2. The van der Waals surface area contributed by atoms with Crippen molar-refractivity contribution in [3.05, 3.63) is 22.0 Å². The van der Waals surface area contributed by atoms with Crippen molar-refractivity contribution in [1.82, 2.24) is 19.5 Å². The molecule has 3 fully saturated rings. The number of fused-ring (bicyclic) bond motifs is 1. The van der Waals surface area contributed by atoms with Crippen molar-refractivity contribution in [1.29, 1.82) is 0 Å². The molecule has 0 radical (unpaired) electrons. The Kier molecular flexibility index (Phi) is 1.36. The molecule has 5 nitrogen and oxygen atoms in total. The maximum atomic E-state index is 11.9. The number of nitrogens with one attached hydrogen (secondary N) is 1. The second kappa shape index (κ2) is 2.48. The van der Waals surface area contributed by atoms with E-state index in [0.717, 1.165) is 25.2 Å². The summed E-state index contributed by atoms with van der Waals surface area (Å²) < 4.78 is 1.77. The van der Waals surface area contributed by atoms with Crippen LogP contribution in [0.25, 0.3) is 11.2 Å². The molecule has 2 aromatic heterocycles. The van der Waals surface area contributed by atoms with Crippen molar-refractivity contribution in [2.24, 2.45) is 5.92 Å². The Morgan fingerprint density at radius 3 is 2.81 bits per heavy atom. The van der Waals surface area contributed by atoms with Gasteiger partial charge in [0.05, 0.1) is 5.54 Å². The zero-order valence-corrected chi connectivity index (χ0v) is 9.16. The lowest BCUT2D eigenvalue weighted by molar-refractivity contribution is -0.0884. The first-order valence-corrected chi connectivity index (χ1v) is 5.69. The zero-order chi connectivity index (χ0) is 10.9. The predicted molar refractivity (Wildman–Crippen MR) is 58.5 cm³/mol. The molecule has 2 heterocycles. The molecule has 0 aromatic carbocycles. The Balaban J connectivity index is 2.08. The minimum Gasteiger partial charge on any atom is -0.302 e. The van der Waals surface area contributed by atoms with E-state index >= 15 is 0 Å². The number of hydrogen-bond donors (Lipinski definition) is 1. The number of imidazole rings is 1. The molecule has 5 rings (SSSR count). The van der Waals surface area contributed by atoms with Crippen LogP contribution < -0.4 is 5.69 Å². The predicted octanol–water partition coefficient (Wildman–Crippen LogP) is 1.28. The van der Waals surface area contributed by atoms with Gasteiger partial charge in [0, 0.05) is 0 Å². The molecule has 6 heteroatoms. The number of aromatic amines is 1. The maximum absolute atomic E-state index is 11.9. The standard InChI is InChI=1S/C10H9ClN4O/c11-7-6-8(13-4-12-7)15(9(16)14-6)10-1-5(2-10)3-10/h4-5H,1-3H2,(H,14,16). The van der Waals surface area contributed by atoms with E-state index in [9.17, 15) is 4.79 Å². The van der Waals surface area contributed by atoms with Crippen LogP contribution in [0.5, 0.6) is 0 Å². The molecular formula is C10H9ClN4O. The summed E-state index contributed by atoms with van der Waals surface area (Å²) in [4.78, 5) is 22.7. The van der Waals surface area contributed by atoms with E-state index in [1.165, 1.54) is 6.33 Å². The summed E-state index contributed by atoms with van der Waals surface area (Å²) in [6.07, 6.45) is 4.70. The lowest BCUT2D eigenvalue weighted by atomic mass is 9.49. The van der Waals surface area contributed by atoms with Gasteiger partial charge in [0.1, 0.15) is 11.8 Å². The Morgan fingerprint density at radius 1 is 1.44 bits per heavy atom. The van der Waals surface area contributed by atoms with Gasteiger partial charge in [-0.05, 0) is 25.2 Å². The van der Waals surface area contributed by atoms with Crippen LogP contribution in [-0.4, -0.2) is 19.5 Å². The smallest absolute Gasteiger partial charge is 0.302 e. The van der Waals surface area contributed by atoms with Crippen LogP contribution in [0.1, 0.15) is 19.3 Å². The van der Waals surface area contributed by atoms with Crippen molar-refractivity contribution >= 4 is 22.8 Å². The highest BCUT2D eigenvalue weighted by Crippen LogP contribution is 2.62. The maximum Gasteiger partial charge on any atom is 0.328 e. The van der Waals surface area contributed by atoms with Crippen LogP contribution in [0.4, 0.5) is 0 Å². The summed E-state index contributed by atoms with van der Waals surface area (Å²) in [5.41, 5.74) is 1.11. The fourth-order valence-corrected chi connectivity index (χ4v) is 3.21. The van der Waals surface area contributed by atoms with Gasteiger partial charge in [0.2, 0.25) is 0 Å². The first-order chi connectivity index (χ1) is 7.70. The van der Waals surface area contributed by atoms with Crippen LogP contribution in [0, 0.1) is 5.92 Å². The Labute approximate surface area is 95.5 Å². The van der Waals surface area contributed by atoms with Crippen LogP contribution in [0.3, 0.4) is 0 Å². The third-order valence-electron chi connectivity index (χ3n) is 3.91. The molecule has 3 aliphatic rings. The van der Waals surface area contributed by atoms with Crippen molar-refractivity contribution < 1.29 is 0 Å². The minimum atomic E-state index is -0.115. The number of hydrogen-bond acceptors (Lipinski definition) is 3. The number of aromatic nitrogens is 4. The number of nitrogens with zero attached hydrogens (tertiary/aromatic N) is 3. The van der Waals surface area contributed by atoms with Crippen molar-refractivity contribution in [3.63, 3.8) is 0 Å². The average molecular weight is 237 g/mol. The molecule has 1 N–H and O–H groups in total. The molecule has 2 aromatic rings. The molecule has 0 atom stereocenters. The Hall–Kier alpha value is -1.36. The molecule has 0 unspecified atom stereocenters. The van der Waals surface area contributed by atoms with Gasteiger partial charge in [0.15, 0.2) is 10.8 Å². The first-order valence-electron chi connectivity index (χ1n) is 5.31. The number of halogens is 1. The Morgan fingerprint density at radius 2 is 2.19 bits per heavy atom. The highest BCUT2D eigenvalue weighted by atomic mass is 35.5. The molecule has 0 saturated heterocycles. The monoisotopic (exact) mass is 236 g/mol. The van der Waals surface area contributed by atoms with Gasteiger partial charge >= 0.3 is 5.69 Å². The summed E-state index contributed by atoms with van der Waals surface area (Å²) in [5.74, 6) is 0.814. The van der Waals surface area contributed by atoms with Gasteiger partial charge < -0.3 is 4.98 Å². The van der Waals surface area contributed by atoms with Gasteiger partial charge in [-0.1, -0.05) is 11.6 Å². The second-order valence-corrected chi connectivity index (χ2v) is 5.19. The van der Waals surface area contributed by atoms with E-state index in [0.29, 0.717) is 16.3 Å². The minimum absolute atomic E-state index is 0.0255. The fourth-order valence-electron chi connectivity index (χ4n) is 3.04. The van der Waals surface area contributed by atoms with E-state index in [1.807, 2.05) is 0 Å². The molecule has 2 bridgehead atoms. The number of rotatable bonds is 1. The highest BCUT2D eigenvalue weighted by Gasteiger charge is 2.59. The van der Waals surface area contributed by atoms with E-state index in [4.69, 9.17) is 11.6 Å². The fraction of sp³-hybridized carbons (Fsp3) is 0.500. The third-order valence-corrected chi connectivity index (χ3v) is 4.19. The molecule has 0 amide bonds. The summed E-state index contributed by atoms with van der Waals surface area (Å²) in [7, 11) is 0. The molecule has 0 aliphatic heterocycles.